The molecule has 0 aromatic heterocycles. The Balaban J connectivity index is 2.05. The number of aliphatic hydroxyl groups excluding tert-OH is 1. The van der Waals surface area contributed by atoms with E-state index in [1.165, 1.54) is 18.2 Å². The Kier molecular flexibility index (Phi) is 2.99. The molecule has 2 aromatic carbocycles. The maximum absolute atomic E-state index is 12.5. The second-order valence-corrected chi connectivity index (χ2v) is 6.40. The number of sulfone groups is 1. The van der Waals surface area contributed by atoms with Gasteiger partial charge in [0, 0.05) is 5.56 Å². The minimum absolute atomic E-state index is 0.115. The zero-order valence-corrected chi connectivity index (χ0v) is 11.2. The molecule has 1 atom stereocenters. The summed E-state index contributed by atoms with van der Waals surface area (Å²) in [6.07, 6.45) is 1.42. The molecule has 0 spiro atoms. The van der Waals surface area contributed by atoms with E-state index in [4.69, 9.17) is 4.74 Å². The fourth-order valence-electron chi connectivity index (χ4n) is 2.07. The highest BCUT2D eigenvalue weighted by Gasteiger charge is 2.35. The van der Waals surface area contributed by atoms with Crippen LogP contribution in [0.3, 0.4) is 0 Å². The van der Waals surface area contributed by atoms with Gasteiger partial charge in [0.15, 0.2) is 0 Å². The predicted octanol–water partition coefficient (Wildman–Crippen LogP) is 2.78. The first-order chi connectivity index (χ1) is 9.59. The Morgan fingerprint density at radius 3 is 2.35 bits per heavy atom. The third kappa shape index (κ3) is 2.06. The van der Waals surface area contributed by atoms with E-state index >= 15 is 0 Å². The van der Waals surface area contributed by atoms with Gasteiger partial charge in [-0.25, -0.2) is 8.42 Å². The van der Waals surface area contributed by atoms with Crippen molar-refractivity contribution in [3.63, 3.8) is 0 Å². The molecule has 4 nitrogen and oxygen atoms in total. The third-order valence-electron chi connectivity index (χ3n) is 3.05. The summed E-state index contributed by atoms with van der Waals surface area (Å²) in [5.74, 6) is 0.127. The number of hydrogen-bond donors (Lipinski definition) is 1. The van der Waals surface area contributed by atoms with Gasteiger partial charge in [-0.1, -0.05) is 36.4 Å². The Bertz CT molecular complexity index is 763. The van der Waals surface area contributed by atoms with Crippen LogP contribution in [0.25, 0.3) is 6.08 Å². The van der Waals surface area contributed by atoms with E-state index in [0.717, 1.165) is 0 Å². The SMILES string of the molecule is O=S(=O)(c1ccccc1)C1Oc2ccccc2C=C1O. The van der Waals surface area contributed by atoms with E-state index in [2.05, 4.69) is 0 Å². The van der Waals surface area contributed by atoms with Gasteiger partial charge in [0.2, 0.25) is 9.84 Å². The Labute approximate surface area is 116 Å². The summed E-state index contributed by atoms with van der Waals surface area (Å²) in [4.78, 5) is 0.115. The zero-order valence-electron chi connectivity index (χ0n) is 10.4. The second-order valence-electron chi connectivity index (χ2n) is 4.41. The lowest BCUT2D eigenvalue weighted by Crippen LogP contribution is -2.31. The molecule has 1 aliphatic rings. The van der Waals surface area contributed by atoms with Crippen molar-refractivity contribution < 1.29 is 18.3 Å². The van der Waals surface area contributed by atoms with E-state index in [0.29, 0.717) is 11.3 Å². The van der Waals surface area contributed by atoms with E-state index in [1.807, 2.05) is 0 Å². The van der Waals surface area contributed by atoms with Crippen molar-refractivity contribution in [2.24, 2.45) is 0 Å². The van der Waals surface area contributed by atoms with Gasteiger partial charge in [-0.2, -0.15) is 0 Å². The molecule has 102 valence electrons. The Hall–Kier alpha value is -2.27. The van der Waals surface area contributed by atoms with E-state index in [-0.39, 0.29) is 10.7 Å². The molecule has 0 radical (unpaired) electrons. The summed E-state index contributed by atoms with van der Waals surface area (Å²) in [7, 11) is -3.79. The largest absolute Gasteiger partial charge is 0.507 e. The maximum Gasteiger partial charge on any atom is 0.259 e. The van der Waals surface area contributed by atoms with Crippen LogP contribution in [0, 0.1) is 0 Å². The molecule has 2 aromatic rings. The molecule has 0 saturated heterocycles. The van der Waals surface area contributed by atoms with Crippen LogP contribution < -0.4 is 4.74 Å². The molecule has 3 rings (SSSR count). The zero-order chi connectivity index (χ0) is 14.2. The first-order valence-electron chi connectivity index (χ1n) is 6.04. The van der Waals surface area contributed by atoms with Crippen LogP contribution in [0.5, 0.6) is 5.75 Å². The topological polar surface area (TPSA) is 63.6 Å². The number of para-hydroxylation sites is 1. The molecule has 0 bridgehead atoms. The van der Waals surface area contributed by atoms with Crippen molar-refractivity contribution in [1.29, 1.82) is 0 Å². The standard InChI is InChI=1S/C15H12O4S/c16-13-10-11-6-4-5-9-14(11)19-15(13)20(17,18)12-7-2-1-3-8-12/h1-10,15-16H. The average Bonchev–Trinajstić information content (AvgIpc) is 2.47. The number of rotatable bonds is 2. The van der Waals surface area contributed by atoms with E-state index in [1.54, 1.807) is 42.5 Å². The van der Waals surface area contributed by atoms with Crippen molar-refractivity contribution in [3.05, 3.63) is 65.9 Å². The minimum atomic E-state index is -3.79. The Morgan fingerprint density at radius 2 is 1.60 bits per heavy atom. The van der Waals surface area contributed by atoms with Gasteiger partial charge >= 0.3 is 0 Å². The number of benzene rings is 2. The molecule has 5 heteroatoms. The molecule has 1 heterocycles. The van der Waals surface area contributed by atoms with Gasteiger partial charge in [0.25, 0.3) is 5.44 Å². The molecule has 1 N–H and O–H groups in total. The van der Waals surface area contributed by atoms with E-state index in [9.17, 15) is 13.5 Å². The van der Waals surface area contributed by atoms with Crippen molar-refractivity contribution in [3.8, 4) is 5.75 Å². The molecule has 0 aliphatic carbocycles. The van der Waals surface area contributed by atoms with Crippen molar-refractivity contribution in [2.45, 2.75) is 10.3 Å². The number of fused-ring (bicyclic) bond motifs is 1. The third-order valence-corrected chi connectivity index (χ3v) is 4.88. The van der Waals surface area contributed by atoms with Crippen LogP contribution in [0.15, 0.2) is 65.3 Å². The summed E-state index contributed by atoms with van der Waals surface area (Å²) in [6, 6.07) is 14.9. The smallest absolute Gasteiger partial charge is 0.259 e. The highest BCUT2D eigenvalue weighted by molar-refractivity contribution is 7.92. The lowest BCUT2D eigenvalue weighted by Gasteiger charge is -2.23. The lowest BCUT2D eigenvalue weighted by atomic mass is 10.1. The van der Waals surface area contributed by atoms with Crippen molar-refractivity contribution in [1.82, 2.24) is 0 Å². The molecule has 0 amide bonds. The fourth-order valence-corrected chi connectivity index (χ4v) is 3.47. The van der Waals surface area contributed by atoms with Crippen LogP contribution in [0.1, 0.15) is 5.56 Å². The first kappa shape index (κ1) is 12.7. The van der Waals surface area contributed by atoms with Gasteiger partial charge in [0.1, 0.15) is 11.5 Å². The summed E-state index contributed by atoms with van der Waals surface area (Å²) in [6.45, 7) is 0. The van der Waals surface area contributed by atoms with Crippen LogP contribution in [-0.2, 0) is 9.84 Å². The van der Waals surface area contributed by atoms with Crippen LogP contribution >= 0.6 is 0 Å². The number of ether oxygens (including phenoxy) is 1. The quantitative estimate of drug-likeness (QED) is 0.923. The first-order valence-corrected chi connectivity index (χ1v) is 7.59. The lowest BCUT2D eigenvalue weighted by molar-refractivity contribution is 0.230. The second kappa shape index (κ2) is 4.68. The molecular weight excluding hydrogens is 276 g/mol. The predicted molar refractivity (Wildman–Crippen MR) is 75.1 cm³/mol. The molecule has 1 unspecified atom stereocenters. The van der Waals surface area contributed by atoms with Crippen LogP contribution in [0.2, 0.25) is 0 Å². The molecule has 0 fully saturated rings. The van der Waals surface area contributed by atoms with Gasteiger partial charge in [-0.15, -0.1) is 0 Å². The van der Waals surface area contributed by atoms with Gasteiger partial charge in [-0.05, 0) is 24.3 Å². The average molecular weight is 288 g/mol. The highest BCUT2D eigenvalue weighted by Crippen LogP contribution is 2.32. The van der Waals surface area contributed by atoms with E-state index < -0.39 is 15.3 Å². The molecular formula is C15H12O4S. The Morgan fingerprint density at radius 1 is 0.950 bits per heavy atom. The minimum Gasteiger partial charge on any atom is -0.507 e. The van der Waals surface area contributed by atoms with Crippen molar-refractivity contribution in [2.75, 3.05) is 0 Å². The monoisotopic (exact) mass is 288 g/mol. The normalized spacial score (nSPS) is 17.8. The van der Waals surface area contributed by atoms with Crippen molar-refractivity contribution >= 4 is 15.9 Å². The van der Waals surface area contributed by atoms with Gasteiger partial charge in [-0.3, -0.25) is 0 Å². The highest BCUT2D eigenvalue weighted by atomic mass is 32.2. The summed E-state index contributed by atoms with van der Waals surface area (Å²) >= 11 is 0. The van der Waals surface area contributed by atoms with Gasteiger partial charge in [0.05, 0.1) is 4.90 Å². The summed E-state index contributed by atoms with van der Waals surface area (Å²) in [5.41, 5.74) is -0.746. The van der Waals surface area contributed by atoms with Crippen LogP contribution in [-0.4, -0.2) is 19.0 Å². The fraction of sp³-hybridized carbons (Fsp3) is 0.0667. The number of hydrogen-bond acceptors (Lipinski definition) is 4. The maximum atomic E-state index is 12.5. The van der Waals surface area contributed by atoms with Gasteiger partial charge < -0.3 is 9.84 Å². The molecule has 1 aliphatic heterocycles. The number of aliphatic hydroxyl groups is 1. The summed E-state index contributed by atoms with van der Waals surface area (Å²) in [5, 5.41) is 9.97. The van der Waals surface area contributed by atoms with Crippen LogP contribution in [0.4, 0.5) is 0 Å². The summed E-state index contributed by atoms with van der Waals surface area (Å²) < 4.78 is 30.4. The molecule has 0 saturated carbocycles. The molecule has 20 heavy (non-hydrogen) atoms.